The van der Waals surface area contributed by atoms with Crippen LogP contribution in [0.25, 0.3) is 21.8 Å². The van der Waals surface area contributed by atoms with Gasteiger partial charge in [-0.05, 0) is 24.3 Å². The zero-order valence-corrected chi connectivity index (χ0v) is 15.0. The lowest BCUT2D eigenvalue weighted by Gasteiger charge is -2.16. The second-order valence-corrected chi connectivity index (χ2v) is 6.50. The Bertz CT molecular complexity index is 1180. The molecule has 138 valence electrons. The lowest BCUT2D eigenvalue weighted by Crippen LogP contribution is -2.46. The Balaban J connectivity index is 1.59. The van der Waals surface area contributed by atoms with Gasteiger partial charge >= 0.3 is 0 Å². The quantitative estimate of drug-likeness (QED) is 0.564. The monoisotopic (exact) mass is 370 g/mol. The van der Waals surface area contributed by atoms with Crippen molar-refractivity contribution in [3.05, 3.63) is 84.2 Å². The first-order chi connectivity index (χ1) is 13.6. The Kier molecular flexibility index (Phi) is 4.68. The summed E-state index contributed by atoms with van der Waals surface area (Å²) in [5, 5.41) is 4.47. The highest BCUT2D eigenvalue weighted by molar-refractivity contribution is 6.07. The van der Waals surface area contributed by atoms with E-state index in [2.05, 4.69) is 15.3 Å². The van der Waals surface area contributed by atoms with Crippen LogP contribution >= 0.6 is 0 Å². The minimum Gasteiger partial charge on any atom is -0.368 e. The summed E-state index contributed by atoms with van der Waals surface area (Å²) in [5.41, 5.74) is 8.21. The van der Waals surface area contributed by atoms with Crippen molar-refractivity contribution in [2.75, 3.05) is 0 Å². The van der Waals surface area contributed by atoms with Crippen LogP contribution in [-0.4, -0.2) is 27.8 Å². The van der Waals surface area contributed by atoms with Gasteiger partial charge in [-0.25, -0.2) is 0 Å². The number of nitrogens with two attached hydrogens (primary N) is 1. The van der Waals surface area contributed by atoms with Crippen LogP contribution in [0.1, 0.15) is 16.1 Å². The Morgan fingerprint density at radius 1 is 0.929 bits per heavy atom. The Hall–Kier alpha value is -3.80. The number of para-hydroxylation sites is 2. The molecule has 0 radical (unpaired) electrons. The number of pyridine rings is 2. The van der Waals surface area contributed by atoms with Crippen LogP contribution < -0.4 is 11.1 Å². The maximum Gasteiger partial charge on any atom is 0.252 e. The van der Waals surface area contributed by atoms with Crippen molar-refractivity contribution in [3.63, 3.8) is 0 Å². The van der Waals surface area contributed by atoms with Gasteiger partial charge in [0.2, 0.25) is 5.91 Å². The van der Waals surface area contributed by atoms with Gasteiger partial charge in [-0.3, -0.25) is 19.6 Å². The number of hydrogen-bond donors (Lipinski definition) is 2. The van der Waals surface area contributed by atoms with Crippen molar-refractivity contribution in [1.29, 1.82) is 0 Å². The second-order valence-electron chi connectivity index (χ2n) is 6.50. The molecule has 6 nitrogen and oxygen atoms in total. The van der Waals surface area contributed by atoms with Crippen LogP contribution in [0.15, 0.2) is 72.9 Å². The lowest BCUT2D eigenvalue weighted by molar-refractivity contribution is -0.119. The summed E-state index contributed by atoms with van der Waals surface area (Å²) in [6.07, 6.45) is 1.79. The lowest BCUT2D eigenvalue weighted by atomic mass is 10.1. The molecule has 1 atom stereocenters. The van der Waals surface area contributed by atoms with Crippen LogP contribution in [0.5, 0.6) is 0 Å². The highest BCUT2D eigenvalue weighted by Crippen LogP contribution is 2.17. The molecule has 2 amide bonds. The number of nitrogens with zero attached hydrogens (tertiary/aromatic N) is 2. The Labute approximate surface area is 161 Å². The third kappa shape index (κ3) is 3.53. The van der Waals surface area contributed by atoms with Gasteiger partial charge in [0, 0.05) is 29.1 Å². The minimum absolute atomic E-state index is 0.217. The van der Waals surface area contributed by atoms with Gasteiger partial charge in [-0.2, -0.15) is 0 Å². The number of rotatable bonds is 5. The van der Waals surface area contributed by atoms with E-state index in [4.69, 9.17) is 5.73 Å². The van der Waals surface area contributed by atoms with Crippen LogP contribution in [0.3, 0.4) is 0 Å². The molecular weight excluding hydrogens is 352 g/mol. The first kappa shape index (κ1) is 17.6. The molecule has 3 N–H and O–H groups in total. The van der Waals surface area contributed by atoms with Crippen LogP contribution in [0.4, 0.5) is 0 Å². The van der Waals surface area contributed by atoms with E-state index in [1.807, 2.05) is 60.7 Å². The predicted octanol–water partition coefficient (Wildman–Crippen LogP) is 2.61. The number of hydrogen-bond acceptors (Lipinski definition) is 4. The molecule has 0 aliphatic carbocycles. The van der Waals surface area contributed by atoms with Gasteiger partial charge in [-0.1, -0.05) is 42.5 Å². The van der Waals surface area contributed by atoms with Crippen LogP contribution in [-0.2, 0) is 11.2 Å². The van der Waals surface area contributed by atoms with E-state index in [-0.39, 0.29) is 12.3 Å². The molecule has 0 unspecified atom stereocenters. The van der Waals surface area contributed by atoms with E-state index in [0.717, 1.165) is 16.3 Å². The van der Waals surface area contributed by atoms with E-state index in [1.54, 1.807) is 12.3 Å². The van der Waals surface area contributed by atoms with Gasteiger partial charge in [0.15, 0.2) is 0 Å². The number of benzene rings is 2. The molecular formula is C22H18N4O2. The van der Waals surface area contributed by atoms with E-state index < -0.39 is 11.9 Å². The molecule has 2 aromatic carbocycles. The van der Waals surface area contributed by atoms with Crippen LogP contribution in [0.2, 0.25) is 0 Å². The van der Waals surface area contributed by atoms with Crippen molar-refractivity contribution < 1.29 is 9.59 Å². The average Bonchev–Trinajstić information content (AvgIpc) is 2.72. The molecule has 0 saturated carbocycles. The van der Waals surface area contributed by atoms with E-state index in [9.17, 15) is 9.59 Å². The summed E-state index contributed by atoms with van der Waals surface area (Å²) in [6.45, 7) is 0. The summed E-state index contributed by atoms with van der Waals surface area (Å²) >= 11 is 0. The third-order valence-corrected chi connectivity index (χ3v) is 4.61. The van der Waals surface area contributed by atoms with Crippen molar-refractivity contribution in [2.45, 2.75) is 12.5 Å². The molecule has 4 rings (SSSR count). The summed E-state index contributed by atoms with van der Waals surface area (Å²) in [7, 11) is 0. The molecule has 0 aliphatic rings. The Morgan fingerprint density at radius 3 is 2.50 bits per heavy atom. The van der Waals surface area contributed by atoms with Gasteiger partial charge in [0.1, 0.15) is 6.04 Å². The number of amides is 2. The molecule has 0 saturated heterocycles. The maximum absolute atomic E-state index is 12.8. The largest absolute Gasteiger partial charge is 0.368 e. The standard InChI is InChI=1S/C22H18N4O2/c23-21(27)20(13-15-10-9-14-5-1-3-7-18(14)25-15)26-22(28)17-11-12-24-19-8-4-2-6-16(17)19/h1-12,20H,13H2,(H2,23,27)(H,26,28)/t20-/m0/s1. The fourth-order valence-electron chi connectivity index (χ4n) is 3.18. The number of aromatic nitrogens is 2. The number of carbonyl (C=O) groups excluding carboxylic acids is 2. The highest BCUT2D eigenvalue weighted by Gasteiger charge is 2.21. The summed E-state index contributed by atoms with van der Waals surface area (Å²) in [5.74, 6) is -0.982. The van der Waals surface area contributed by atoms with Crippen molar-refractivity contribution >= 4 is 33.6 Å². The molecule has 0 aliphatic heterocycles. The smallest absolute Gasteiger partial charge is 0.252 e. The first-order valence-corrected chi connectivity index (χ1v) is 8.90. The molecule has 2 aromatic heterocycles. The van der Waals surface area contributed by atoms with Gasteiger partial charge in [0.25, 0.3) is 5.91 Å². The number of fused-ring (bicyclic) bond motifs is 2. The summed E-state index contributed by atoms with van der Waals surface area (Å²) in [6, 6.07) is 19.6. The van der Waals surface area contributed by atoms with E-state index in [0.29, 0.717) is 16.8 Å². The second kappa shape index (κ2) is 7.44. The number of primary amides is 1. The summed E-state index contributed by atoms with van der Waals surface area (Å²) < 4.78 is 0. The molecule has 0 bridgehead atoms. The van der Waals surface area contributed by atoms with Crippen LogP contribution in [0, 0.1) is 0 Å². The first-order valence-electron chi connectivity index (χ1n) is 8.90. The van der Waals surface area contributed by atoms with E-state index in [1.165, 1.54) is 0 Å². The SMILES string of the molecule is NC(=O)[C@H](Cc1ccc2ccccc2n1)NC(=O)c1ccnc2ccccc12. The topological polar surface area (TPSA) is 98.0 Å². The third-order valence-electron chi connectivity index (χ3n) is 4.61. The van der Waals surface area contributed by atoms with Crippen molar-refractivity contribution in [1.82, 2.24) is 15.3 Å². The molecule has 6 heteroatoms. The number of carbonyl (C=O) groups is 2. The van der Waals surface area contributed by atoms with Gasteiger partial charge in [0.05, 0.1) is 16.6 Å². The highest BCUT2D eigenvalue weighted by atomic mass is 16.2. The maximum atomic E-state index is 12.8. The zero-order chi connectivity index (χ0) is 19.5. The average molecular weight is 370 g/mol. The number of nitrogens with one attached hydrogen (secondary N) is 1. The molecule has 0 spiro atoms. The van der Waals surface area contributed by atoms with Gasteiger partial charge < -0.3 is 11.1 Å². The molecule has 2 heterocycles. The fraction of sp³-hybridized carbons (Fsp3) is 0.0909. The van der Waals surface area contributed by atoms with Crippen molar-refractivity contribution in [2.24, 2.45) is 5.73 Å². The van der Waals surface area contributed by atoms with E-state index >= 15 is 0 Å². The molecule has 0 fully saturated rings. The van der Waals surface area contributed by atoms with Gasteiger partial charge in [-0.15, -0.1) is 0 Å². The predicted molar refractivity (Wildman–Crippen MR) is 108 cm³/mol. The normalized spacial score (nSPS) is 12.0. The van der Waals surface area contributed by atoms with Crippen molar-refractivity contribution in [3.8, 4) is 0 Å². The molecule has 4 aromatic rings. The minimum atomic E-state index is -0.868. The Morgan fingerprint density at radius 2 is 1.68 bits per heavy atom. The summed E-state index contributed by atoms with van der Waals surface area (Å²) in [4.78, 5) is 33.6. The zero-order valence-electron chi connectivity index (χ0n) is 15.0. The molecule has 28 heavy (non-hydrogen) atoms. The fourth-order valence-corrected chi connectivity index (χ4v) is 3.18.